The summed E-state index contributed by atoms with van der Waals surface area (Å²) in [7, 11) is 0. The number of fused-ring (bicyclic) bond motifs is 1. The van der Waals surface area contributed by atoms with Gasteiger partial charge in [-0.2, -0.15) is 0 Å². The molecule has 2 N–H and O–H groups in total. The SMILES string of the molecule is O=S(O)CC(F)(F)CNC1CCc2ccccc21. The zero-order chi connectivity index (χ0) is 13.2. The van der Waals surface area contributed by atoms with Crippen molar-refractivity contribution in [2.24, 2.45) is 0 Å². The van der Waals surface area contributed by atoms with Gasteiger partial charge in [0, 0.05) is 6.04 Å². The van der Waals surface area contributed by atoms with Gasteiger partial charge in [-0.15, -0.1) is 0 Å². The second kappa shape index (κ2) is 5.42. The molecule has 0 saturated carbocycles. The topological polar surface area (TPSA) is 49.3 Å². The highest BCUT2D eigenvalue weighted by atomic mass is 32.2. The van der Waals surface area contributed by atoms with Crippen molar-refractivity contribution in [1.82, 2.24) is 5.32 Å². The van der Waals surface area contributed by atoms with Crippen molar-refractivity contribution in [2.45, 2.75) is 24.8 Å². The Hall–Kier alpha value is -0.850. The molecule has 2 rings (SSSR count). The van der Waals surface area contributed by atoms with Gasteiger partial charge in [0.15, 0.2) is 11.1 Å². The summed E-state index contributed by atoms with van der Waals surface area (Å²) >= 11 is -2.47. The Bertz CT molecular complexity index is 453. The van der Waals surface area contributed by atoms with Gasteiger partial charge in [-0.1, -0.05) is 24.3 Å². The summed E-state index contributed by atoms with van der Waals surface area (Å²) in [4.78, 5) is 0. The number of nitrogens with one attached hydrogen (secondary N) is 1. The fourth-order valence-corrected chi connectivity index (χ4v) is 2.74. The van der Waals surface area contributed by atoms with E-state index in [9.17, 15) is 13.0 Å². The van der Waals surface area contributed by atoms with Gasteiger partial charge in [0.1, 0.15) is 5.75 Å². The Balaban J connectivity index is 1.94. The Kier molecular flexibility index (Phi) is 4.09. The summed E-state index contributed by atoms with van der Waals surface area (Å²) in [6.45, 7) is -0.571. The molecule has 0 aliphatic heterocycles. The first kappa shape index (κ1) is 13.6. The molecule has 3 nitrogen and oxygen atoms in total. The summed E-state index contributed by atoms with van der Waals surface area (Å²) in [5, 5.41) is 2.79. The number of hydrogen-bond acceptors (Lipinski definition) is 2. The first-order valence-corrected chi connectivity index (χ1v) is 7.02. The third-order valence-corrected chi connectivity index (χ3v) is 3.74. The normalized spacial score (nSPS) is 20.7. The van der Waals surface area contributed by atoms with E-state index in [-0.39, 0.29) is 6.04 Å². The minimum Gasteiger partial charge on any atom is -0.306 e. The molecule has 0 saturated heterocycles. The molecule has 18 heavy (non-hydrogen) atoms. The van der Waals surface area contributed by atoms with Crippen molar-refractivity contribution in [2.75, 3.05) is 12.3 Å². The lowest BCUT2D eigenvalue weighted by Gasteiger charge is -2.19. The van der Waals surface area contributed by atoms with Gasteiger partial charge >= 0.3 is 0 Å². The number of alkyl halides is 2. The van der Waals surface area contributed by atoms with Crippen LogP contribution >= 0.6 is 0 Å². The molecule has 0 fully saturated rings. The number of benzene rings is 1. The van der Waals surface area contributed by atoms with E-state index >= 15 is 0 Å². The van der Waals surface area contributed by atoms with E-state index in [1.54, 1.807) is 0 Å². The molecule has 1 aliphatic carbocycles. The Morgan fingerprint density at radius 1 is 1.44 bits per heavy atom. The van der Waals surface area contributed by atoms with Gasteiger partial charge in [-0.3, -0.25) is 0 Å². The van der Waals surface area contributed by atoms with Crippen LogP contribution < -0.4 is 5.32 Å². The highest BCUT2D eigenvalue weighted by Gasteiger charge is 2.33. The quantitative estimate of drug-likeness (QED) is 0.809. The molecule has 6 heteroatoms. The smallest absolute Gasteiger partial charge is 0.273 e. The molecular weight excluding hydrogens is 260 g/mol. The van der Waals surface area contributed by atoms with Crippen LogP contribution in [0.3, 0.4) is 0 Å². The number of hydrogen-bond donors (Lipinski definition) is 2. The van der Waals surface area contributed by atoms with Crippen molar-refractivity contribution < 1.29 is 17.5 Å². The van der Waals surface area contributed by atoms with E-state index in [1.807, 2.05) is 24.3 Å². The molecular formula is C12H15F2NO2S. The van der Waals surface area contributed by atoms with Crippen LogP contribution in [0, 0.1) is 0 Å². The van der Waals surface area contributed by atoms with Crippen molar-refractivity contribution in [1.29, 1.82) is 0 Å². The van der Waals surface area contributed by atoms with Gasteiger partial charge < -0.3 is 9.87 Å². The second-order valence-corrected chi connectivity index (χ2v) is 5.42. The van der Waals surface area contributed by atoms with Crippen LogP contribution in [0.2, 0.25) is 0 Å². The van der Waals surface area contributed by atoms with E-state index in [0.717, 1.165) is 18.4 Å². The number of rotatable bonds is 5. The number of halogens is 2. The van der Waals surface area contributed by atoms with E-state index in [0.29, 0.717) is 0 Å². The van der Waals surface area contributed by atoms with Crippen molar-refractivity contribution in [3.63, 3.8) is 0 Å². The Labute approximate surface area is 107 Å². The van der Waals surface area contributed by atoms with Crippen molar-refractivity contribution in [3.8, 4) is 0 Å². The highest BCUT2D eigenvalue weighted by molar-refractivity contribution is 7.79. The van der Waals surface area contributed by atoms with Crippen LogP contribution in [0.5, 0.6) is 0 Å². The molecule has 0 amide bonds. The molecule has 2 atom stereocenters. The Morgan fingerprint density at radius 2 is 2.17 bits per heavy atom. The maximum absolute atomic E-state index is 13.3. The summed E-state index contributed by atoms with van der Waals surface area (Å²) < 4.78 is 45.5. The van der Waals surface area contributed by atoms with Gasteiger partial charge in [0.05, 0.1) is 6.54 Å². The molecule has 100 valence electrons. The van der Waals surface area contributed by atoms with E-state index in [1.165, 1.54) is 5.56 Å². The first-order valence-electron chi connectivity index (χ1n) is 5.74. The second-order valence-electron chi connectivity index (χ2n) is 4.49. The molecule has 1 aromatic rings. The average molecular weight is 275 g/mol. The maximum atomic E-state index is 13.3. The largest absolute Gasteiger partial charge is 0.306 e. The lowest BCUT2D eigenvalue weighted by Crippen LogP contribution is -2.38. The lowest BCUT2D eigenvalue weighted by molar-refractivity contribution is 0.0232. The molecule has 2 unspecified atom stereocenters. The van der Waals surface area contributed by atoms with Crippen LogP contribution in [0.15, 0.2) is 24.3 Å². The van der Waals surface area contributed by atoms with Gasteiger partial charge in [-0.25, -0.2) is 13.0 Å². The van der Waals surface area contributed by atoms with Crippen molar-refractivity contribution >= 4 is 11.1 Å². The van der Waals surface area contributed by atoms with Crippen molar-refractivity contribution in [3.05, 3.63) is 35.4 Å². The number of aryl methyl sites for hydroxylation is 1. The third kappa shape index (κ3) is 3.34. The summed E-state index contributed by atoms with van der Waals surface area (Å²) in [6, 6.07) is 7.67. The van der Waals surface area contributed by atoms with Crippen LogP contribution in [0.1, 0.15) is 23.6 Å². The monoisotopic (exact) mass is 275 g/mol. The lowest BCUT2D eigenvalue weighted by atomic mass is 10.1. The first-order chi connectivity index (χ1) is 8.48. The summed E-state index contributed by atoms with van der Waals surface area (Å²) in [5.74, 6) is -4.18. The fraction of sp³-hybridized carbons (Fsp3) is 0.500. The zero-order valence-electron chi connectivity index (χ0n) is 9.73. The molecule has 0 bridgehead atoms. The van der Waals surface area contributed by atoms with Gasteiger partial charge in [0.2, 0.25) is 0 Å². The van der Waals surface area contributed by atoms with E-state index in [4.69, 9.17) is 4.55 Å². The highest BCUT2D eigenvalue weighted by Crippen LogP contribution is 2.31. The zero-order valence-corrected chi connectivity index (χ0v) is 10.6. The molecule has 0 heterocycles. The van der Waals surface area contributed by atoms with Gasteiger partial charge in [0.25, 0.3) is 5.92 Å². The maximum Gasteiger partial charge on any atom is 0.273 e. The van der Waals surface area contributed by atoms with Crippen LogP contribution in [-0.2, 0) is 17.5 Å². The predicted octanol–water partition coefficient (Wildman–Crippen LogP) is 2.12. The summed E-state index contributed by atoms with van der Waals surface area (Å²) in [6.07, 6.45) is 1.67. The van der Waals surface area contributed by atoms with Crippen LogP contribution in [-0.4, -0.2) is 27.0 Å². The van der Waals surface area contributed by atoms with Crippen LogP contribution in [0.25, 0.3) is 0 Å². The van der Waals surface area contributed by atoms with Crippen LogP contribution in [0.4, 0.5) is 8.78 Å². The fourth-order valence-electron chi connectivity index (χ4n) is 2.27. The average Bonchev–Trinajstić information content (AvgIpc) is 2.68. The molecule has 1 aromatic carbocycles. The molecule has 0 aromatic heterocycles. The molecule has 0 radical (unpaired) electrons. The van der Waals surface area contributed by atoms with E-state index in [2.05, 4.69) is 5.32 Å². The Morgan fingerprint density at radius 3 is 2.89 bits per heavy atom. The minimum atomic E-state index is -3.16. The minimum absolute atomic E-state index is 0.0841. The predicted molar refractivity (Wildman–Crippen MR) is 66.1 cm³/mol. The third-order valence-electron chi connectivity index (χ3n) is 3.07. The molecule has 0 spiro atoms. The van der Waals surface area contributed by atoms with Gasteiger partial charge in [-0.05, 0) is 24.0 Å². The standard InChI is InChI=1S/C12H15F2NO2S/c13-12(14,8-18(16)17)7-15-11-6-5-9-3-1-2-4-10(9)11/h1-4,11,15H,5-8H2,(H,16,17). The van der Waals surface area contributed by atoms with E-state index < -0.39 is 29.3 Å². The summed E-state index contributed by atoms with van der Waals surface area (Å²) in [5.41, 5.74) is 2.24. The molecule has 1 aliphatic rings.